The zero-order chi connectivity index (χ0) is 16.5. The smallest absolute Gasteiger partial charge is 0.159 e. The number of benzene rings is 1. The molecule has 1 aromatic carbocycles. The van der Waals surface area contributed by atoms with Gasteiger partial charge >= 0.3 is 0 Å². The zero-order valence-electron chi connectivity index (χ0n) is 13.0. The van der Waals surface area contributed by atoms with Gasteiger partial charge in [0.1, 0.15) is 5.82 Å². The first-order chi connectivity index (χ1) is 11.7. The van der Waals surface area contributed by atoms with E-state index in [0.29, 0.717) is 5.56 Å². The van der Waals surface area contributed by atoms with Crippen molar-refractivity contribution in [2.75, 3.05) is 5.32 Å². The molecule has 24 heavy (non-hydrogen) atoms. The number of fused-ring (bicyclic) bond motifs is 1. The molecule has 0 aliphatic heterocycles. The van der Waals surface area contributed by atoms with E-state index in [2.05, 4.69) is 38.2 Å². The molecule has 118 valence electrons. The minimum atomic E-state index is 0.0474. The van der Waals surface area contributed by atoms with Gasteiger partial charge in [-0.25, -0.2) is 4.98 Å². The van der Waals surface area contributed by atoms with E-state index in [0.717, 1.165) is 28.1 Å². The number of carbonyl (C=O) groups excluding carboxylic acids is 1. The molecule has 0 atom stereocenters. The highest BCUT2D eigenvalue weighted by molar-refractivity contribution is 7.08. The van der Waals surface area contributed by atoms with Gasteiger partial charge in [-0.1, -0.05) is 12.1 Å². The van der Waals surface area contributed by atoms with Crippen molar-refractivity contribution in [1.82, 2.24) is 9.97 Å². The summed E-state index contributed by atoms with van der Waals surface area (Å²) in [5, 5.41) is 8.51. The number of Topliss-reactive ketones (excluding diaryl/α,β-unsaturated/α-hetero) is 1. The Balaban J connectivity index is 1.74. The number of anilines is 2. The van der Waals surface area contributed by atoms with Crippen LogP contribution in [0.4, 0.5) is 11.5 Å². The molecule has 0 aliphatic rings. The van der Waals surface area contributed by atoms with Crippen molar-refractivity contribution in [3.8, 4) is 11.3 Å². The van der Waals surface area contributed by atoms with Crippen molar-refractivity contribution in [1.29, 1.82) is 0 Å². The molecule has 2 N–H and O–H groups in total. The van der Waals surface area contributed by atoms with Crippen molar-refractivity contribution in [2.24, 2.45) is 0 Å². The summed E-state index contributed by atoms with van der Waals surface area (Å²) in [4.78, 5) is 19.4. The third-order valence-corrected chi connectivity index (χ3v) is 4.60. The van der Waals surface area contributed by atoms with Crippen molar-refractivity contribution in [3.05, 3.63) is 65.0 Å². The van der Waals surface area contributed by atoms with E-state index in [-0.39, 0.29) is 5.78 Å². The zero-order valence-corrected chi connectivity index (χ0v) is 13.9. The Morgan fingerprint density at radius 2 is 2.12 bits per heavy atom. The third kappa shape index (κ3) is 2.70. The largest absolute Gasteiger partial charge is 0.354 e. The second-order valence-corrected chi connectivity index (χ2v) is 6.36. The highest BCUT2D eigenvalue weighted by atomic mass is 32.1. The highest BCUT2D eigenvalue weighted by Gasteiger charge is 2.09. The number of aromatic amines is 1. The van der Waals surface area contributed by atoms with Crippen LogP contribution in [0.15, 0.2) is 59.4 Å². The normalized spacial score (nSPS) is 10.9. The first-order valence-electron chi connectivity index (χ1n) is 7.59. The summed E-state index contributed by atoms with van der Waals surface area (Å²) in [6.45, 7) is 1.57. The number of thiophene rings is 1. The lowest BCUT2D eigenvalue weighted by Crippen LogP contribution is -1.97. The fourth-order valence-corrected chi connectivity index (χ4v) is 3.34. The van der Waals surface area contributed by atoms with Crippen LogP contribution in [-0.4, -0.2) is 15.8 Å². The Hall–Kier alpha value is -2.92. The summed E-state index contributed by atoms with van der Waals surface area (Å²) in [5.41, 5.74) is 4.79. The second kappa shape index (κ2) is 5.94. The molecule has 0 unspecified atom stereocenters. The van der Waals surface area contributed by atoms with Crippen LogP contribution in [0.25, 0.3) is 22.2 Å². The number of ketones is 1. The van der Waals surface area contributed by atoms with Gasteiger partial charge in [0.15, 0.2) is 5.78 Å². The monoisotopic (exact) mass is 333 g/mol. The summed E-state index contributed by atoms with van der Waals surface area (Å²) < 4.78 is 0. The van der Waals surface area contributed by atoms with Crippen LogP contribution in [0.2, 0.25) is 0 Å². The Morgan fingerprint density at radius 1 is 1.21 bits per heavy atom. The molecular formula is C19H15N3OS. The summed E-state index contributed by atoms with van der Waals surface area (Å²) in [6.07, 6.45) is 1.77. The number of aromatic nitrogens is 2. The van der Waals surface area contributed by atoms with Gasteiger partial charge in [0.25, 0.3) is 0 Å². The number of hydrogen-bond donors (Lipinski definition) is 2. The van der Waals surface area contributed by atoms with E-state index in [1.807, 2.05) is 30.3 Å². The molecule has 4 nitrogen and oxygen atoms in total. The number of nitrogens with one attached hydrogen (secondary N) is 2. The number of rotatable bonds is 4. The van der Waals surface area contributed by atoms with E-state index in [1.165, 1.54) is 5.56 Å². The second-order valence-electron chi connectivity index (χ2n) is 5.58. The number of nitrogens with zero attached hydrogens (tertiary/aromatic N) is 1. The summed E-state index contributed by atoms with van der Waals surface area (Å²) in [6, 6.07) is 13.6. The van der Waals surface area contributed by atoms with Gasteiger partial charge in [-0.2, -0.15) is 11.3 Å². The first kappa shape index (κ1) is 14.7. The fourth-order valence-electron chi connectivity index (χ4n) is 2.68. The summed E-state index contributed by atoms with van der Waals surface area (Å²) in [7, 11) is 0. The lowest BCUT2D eigenvalue weighted by molar-refractivity contribution is 0.101. The number of H-pyrrole nitrogens is 1. The average molecular weight is 333 g/mol. The SMILES string of the molecule is CC(=O)c1cccc(Nc2nccc3[nH]c(-c4ccsc4)cc23)c1. The van der Waals surface area contributed by atoms with E-state index < -0.39 is 0 Å². The van der Waals surface area contributed by atoms with E-state index in [1.54, 1.807) is 24.5 Å². The maximum absolute atomic E-state index is 11.5. The molecule has 0 saturated heterocycles. The topological polar surface area (TPSA) is 57.8 Å². The van der Waals surface area contributed by atoms with Gasteiger partial charge < -0.3 is 10.3 Å². The third-order valence-electron chi connectivity index (χ3n) is 3.91. The van der Waals surface area contributed by atoms with Gasteiger partial charge in [-0.3, -0.25) is 4.79 Å². The van der Waals surface area contributed by atoms with Crippen LogP contribution in [0.5, 0.6) is 0 Å². The highest BCUT2D eigenvalue weighted by Crippen LogP contribution is 2.30. The summed E-state index contributed by atoms with van der Waals surface area (Å²) in [5.74, 6) is 0.817. The van der Waals surface area contributed by atoms with Crippen LogP contribution in [0.3, 0.4) is 0 Å². The first-order valence-corrected chi connectivity index (χ1v) is 8.53. The molecule has 0 bridgehead atoms. The molecular weight excluding hydrogens is 318 g/mol. The molecule has 0 radical (unpaired) electrons. The predicted molar refractivity (Wildman–Crippen MR) is 99.1 cm³/mol. The molecule has 4 rings (SSSR count). The minimum Gasteiger partial charge on any atom is -0.354 e. The molecule has 5 heteroatoms. The predicted octanol–water partition coefficient (Wildman–Crippen LogP) is 5.24. The Kier molecular flexibility index (Phi) is 3.63. The minimum absolute atomic E-state index is 0.0474. The molecule has 0 amide bonds. The molecule has 0 saturated carbocycles. The van der Waals surface area contributed by atoms with Crippen LogP contribution < -0.4 is 5.32 Å². The van der Waals surface area contributed by atoms with Crippen LogP contribution in [0, 0.1) is 0 Å². The molecule has 0 aliphatic carbocycles. The number of carbonyl (C=O) groups is 1. The standard InChI is InChI=1S/C19H15N3OS/c1-12(23)13-3-2-4-15(9-13)21-19-16-10-18(14-6-8-24-11-14)22-17(16)5-7-20-19/h2-11,22H,1H3,(H,20,21). The fraction of sp³-hybridized carbons (Fsp3) is 0.0526. The van der Waals surface area contributed by atoms with E-state index >= 15 is 0 Å². The van der Waals surface area contributed by atoms with Gasteiger partial charge in [0, 0.05) is 39.5 Å². The van der Waals surface area contributed by atoms with Crippen LogP contribution in [-0.2, 0) is 0 Å². The Bertz CT molecular complexity index is 1020. The van der Waals surface area contributed by atoms with Crippen LogP contribution >= 0.6 is 11.3 Å². The van der Waals surface area contributed by atoms with E-state index in [9.17, 15) is 4.79 Å². The quantitative estimate of drug-likeness (QED) is 0.502. The van der Waals surface area contributed by atoms with Crippen molar-refractivity contribution in [3.63, 3.8) is 0 Å². The van der Waals surface area contributed by atoms with E-state index in [4.69, 9.17) is 0 Å². The lowest BCUT2D eigenvalue weighted by Gasteiger charge is -2.07. The van der Waals surface area contributed by atoms with Gasteiger partial charge in [-0.05, 0) is 42.6 Å². The summed E-state index contributed by atoms with van der Waals surface area (Å²) >= 11 is 1.67. The average Bonchev–Trinajstić information content (AvgIpc) is 3.24. The molecule has 3 heterocycles. The Labute approximate surface area is 143 Å². The molecule has 4 aromatic rings. The van der Waals surface area contributed by atoms with Gasteiger partial charge in [0.2, 0.25) is 0 Å². The lowest BCUT2D eigenvalue weighted by atomic mass is 10.1. The molecule has 0 spiro atoms. The Morgan fingerprint density at radius 3 is 2.92 bits per heavy atom. The maximum atomic E-state index is 11.5. The van der Waals surface area contributed by atoms with Crippen molar-refractivity contribution in [2.45, 2.75) is 6.92 Å². The molecule has 0 fully saturated rings. The van der Waals surface area contributed by atoms with Crippen molar-refractivity contribution >= 4 is 39.5 Å². The maximum Gasteiger partial charge on any atom is 0.159 e. The van der Waals surface area contributed by atoms with Crippen molar-refractivity contribution < 1.29 is 4.79 Å². The molecule has 3 aromatic heterocycles. The van der Waals surface area contributed by atoms with Gasteiger partial charge in [0.05, 0.1) is 5.52 Å². The van der Waals surface area contributed by atoms with Crippen LogP contribution in [0.1, 0.15) is 17.3 Å². The van der Waals surface area contributed by atoms with Gasteiger partial charge in [-0.15, -0.1) is 0 Å². The number of pyridine rings is 1. The number of hydrogen-bond acceptors (Lipinski definition) is 4.